The molecule has 0 bridgehead atoms. The standard InChI is InChI=1S/C10H14N2O2/c13-10-5-4-8(11-12-10)7-9-3-1-2-6-14-9/h4-5,9H,1-3,6-7H2,(H,12,13). The van der Waals surface area contributed by atoms with Crippen molar-refractivity contribution in [3.05, 3.63) is 28.2 Å². The van der Waals surface area contributed by atoms with Gasteiger partial charge in [0.1, 0.15) is 0 Å². The van der Waals surface area contributed by atoms with Gasteiger partial charge in [-0.3, -0.25) is 4.79 Å². The van der Waals surface area contributed by atoms with Crippen molar-refractivity contribution in [2.45, 2.75) is 31.8 Å². The zero-order chi connectivity index (χ0) is 9.80. The zero-order valence-corrected chi connectivity index (χ0v) is 8.03. The topological polar surface area (TPSA) is 55.0 Å². The molecule has 1 aliphatic rings. The minimum absolute atomic E-state index is 0.154. The van der Waals surface area contributed by atoms with Crippen molar-refractivity contribution in [3.8, 4) is 0 Å². The van der Waals surface area contributed by atoms with Crippen molar-refractivity contribution in [3.63, 3.8) is 0 Å². The molecular formula is C10H14N2O2. The Morgan fingerprint density at radius 3 is 3.07 bits per heavy atom. The van der Waals surface area contributed by atoms with Gasteiger partial charge in [-0.2, -0.15) is 5.10 Å². The minimum atomic E-state index is -0.154. The summed E-state index contributed by atoms with van der Waals surface area (Å²) in [6.07, 6.45) is 4.57. The average molecular weight is 194 g/mol. The summed E-state index contributed by atoms with van der Waals surface area (Å²) in [5, 5.41) is 6.38. The van der Waals surface area contributed by atoms with Gasteiger partial charge in [0.25, 0.3) is 5.56 Å². The van der Waals surface area contributed by atoms with Crippen LogP contribution in [0.4, 0.5) is 0 Å². The molecule has 1 unspecified atom stereocenters. The van der Waals surface area contributed by atoms with E-state index in [-0.39, 0.29) is 11.7 Å². The SMILES string of the molecule is O=c1ccc(CC2CCCCO2)n[nH]1. The van der Waals surface area contributed by atoms with Gasteiger partial charge in [0, 0.05) is 19.1 Å². The first-order valence-electron chi connectivity index (χ1n) is 5.01. The van der Waals surface area contributed by atoms with Crippen LogP contribution < -0.4 is 5.56 Å². The maximum absolute atomic E-state index is 10.8. The van der Waals surface area contributed by atoms with Gasteiger partial charge in [0.15, 0.2) is 0 Å². The van der Waals surface area contributed by atoms with E-state index in [1.165, 1.54) is 12.5 Å². The van der Waals surface area contributed by atoms with Gasteiger partial charge >= 0.3 is 0 Å². The number of hydrogen-bond acceptors (Lipinski definition) is 3. The number of aromatic nitrogens is 2. The third-order valence-electron chi connectivity index (χ3n) is 2.45. The fourth-order valence-electron chi connectivity index (χ4n) is 1.69. The number of hydrogen-bond donors (Lipinski definition) is 1. The molecule has 2 heterocycles. The number of rotatable bonds is 2. The molecule has 0 saturated carbocycles. The molecule has 2 rings (SSSR count). The maximum atomic E-state index is 10.8. The highest BCUT2D eigenvalue weighted by molar-refractivity contribution is 5.01. The average Bonchev–Trinajstić information content (AvgIpc) is 2.23. The van der Waals surface area contributed by atoms with E-state index in [2.05, 4.69) is 10.2 Å². The fourth-order valence-corrected chi connectivity index (χ4v) is 1.69. The van der Waals surface area contributed by atoms with Crippen LogP contribution in [0.25, 0.3) is 0 Å². The summed E-state index contributed by atoms with van der Waals surface area (Å²) in [6, 6.07) is 3.27. The molecule has 1 fully saturated rings. The highest BCUT2D eigenvalue weighted by Gasteiger charge is 2.14. The molecule has 4 nitrogen and oxygen atoms in total. The van der Waals surface area contributed by atoms with Crippen molar-refractivity contribution >= 4 is 0 Å². The molecule has 1 N–H and O–H groups in total. The minimum Gasteiger partial charge on any atom is -0.378 e. The van der Waals surface area contributed by atoms with Crippen LogP contribution in [0.1, 0.15) is 25.0 Å². The summed E-state index contributed by atoms with van der Waals surface area (Å²) in [7, 11) is 0. The predicted molar refractivity (Wildman–Crippen MR) is 52.2 cm³/mol. The van der Waals surface area contributed by atoms with Crippen LogP contribution in [0.3, 0.4) is 0 Å². The molecule has 0 amide bonds. The van der Waals surface area contributed by atoms with Crippen LogP contribution in [0.5, 0.6) is 0 Å². The van der Waals surface area contributed by atoms with Crippen LogP contribution in [0.2, 0.25) is 0 Å². The monoisotopic (exact) mass is 194 g/mol. The molecule has 1 saturated heterocycles. The van der Waals surface area contributed by atoms with E-state index < -0.39 is 0 Å². The molecule has 4 heteroatoms. The Bertz CT molecular complexity index is 322. The van der Waals surface area contributed by atoms with Gasteiger partial charge in [-0.05, 0) is 25.3 Å². The van der Waals surface area contributed by atoms with Crippen molar-refractivity contribution < 1.29 is 4.74 Å². The lowest BCUT2D eigenvalue weighted by Gasteiger charge is -2.21. The maximum Gasteiger partial charge on any atom is 0.264 e. The molecule has 0 aliphatic carbocycles. The van der Waals surface area contributed by atoms with E-state index in [0.717, 1.165) is 31.6 Å². The van der Waals surface area contributed by atoms with Gasteiger partial charge in [-0.1, -0.05) is 0 Å². The van der Waals surface area contributed by atoms with Crippen molar-refractivity contribution in [1.82, 2.24) is 10.2 Å². The van der Waals surface area contributed by atoms with Crippen LogP contribution >= 0.6 is 0 Å². The molecule has 1 aromatic rings. The lowest BCUT2D eigenvalue weighted by atomic mass is 10.0. The van der Waals surface area contributed by atoms with Gasteiger partial charge < -0.3 is 4.74 Å². The lowest BCUT2D eigenvalue weighted by molar-refractivity contribution is 0.0161. The number of ether oxygens (including phenoxy) is 1. The molecule has 1 aromatic heterocycles. The van der Waals surface area contributed by atoms with E-state index in [4.69, 9.17) is 4.74 Å². The molecule has 76 valence electrons. The number of nitrogens with zero attached hydrogens (tertiary/aromatic N) is 1. The second kappa shape index (κ2) is 4.37. The normalized spacial score (nSPS) is 22.1. The summed E-state index contributed by atoms with van der Waals surface area (Å²) in [4.78, 5) is 10.8. The largest absolute Gasteiger partial charge is 0.378 e. The Balaban J connectivity index is 1.96. The lowest BCUT2D eigenvalue weighted by Crippen LogP contribution is -2.22. The van der Waals surface area contributed by atoms with E-state index in [9.17, 15) is 4.79 Å². The molecule has 1 atom stereocenters. The third kappa shape index (κ3) is 2.42. The van der Waals surface area contributed by atoms with E-state index in [1.54, 1.807) is 6.07 Å². The Morgan fingerprint density at radius 2 is 2.43 bits per heavy atom. The van der Waals surface area contributed by atoms with Gasteiger partial charge in [-0.15, -0.1) is 0 Å². The van der Waals surface area contributed by atoms with Crippen LogP contribution in [0, 0.1) is 0 Å². The summed E-state index contributed by atoms with van der Waals surface area (Å²) in [5.74, 6) is 0. The number of H-pyrrole nitrogens is 1. The third-order valence-corrected chi connectivity index (χ3v) is 2.45. The number of aromatic amines is 1. The summed E-state index contributed by atoms with van der Waals surface area (Å²) in [6.45, 7) is 0.855. The first kappa shape index (κ1) is 9.40. The van der Waals surface area contributed by atoms with Crippen molar-refractivity contribution in [1.29, 1.82) is 0 Å². The Morgan fingerprint density at radius 1 is 1.50 bits per heavy atom. The first-order chi connectivity index (χ1) is 6.84. The summed E-state index contributed by atoms with van der Waals surface area (Å²) < 4.78 is 5.58. The van der Waals surface area contributed by atoms with Gasteiger partial charge in [-0.25, -0.2) is 5.10 Å². The molecule has 0 radical (unpaired) electrons. The smallest absolute Gasteiger partial charge is 0.264 e. The van der Waals surface area contributed by atoms with E-state index in [0.29, 0.717) is 0 Å². The Labute approximate surface area is 82.3 Å². The quantitative estimate of drug-likeness (QED) is 0.760. The second-order valence-electron chi connectivity index (χ2n) is 3.61. The second-order valence-corrected chi connectivity index (χ2v) is 3.61. The van der Waals surface area contributed by atoms with Crippen LogP contribution in [0.15, 0.2) is 16.9 Å². The Kier molecular flexibility index (Phi) is 2.93. The van der Waals surface area contributed by atoms with Gasteiger partial charge in [0.2, 0.25) is 0 Å². The molecule has 1 aliphatic heterocycles. The highest BCUT2D eigenvalue weighted by atomic mass is 16.5. The summed E-state index contributed by atoms with van der Waals surface area (Å²) >= 11 is 0. The summed E-state index contributed by atoms with van der Waals surface area (Å²) in [5.41, 5.74) is 0.745. The predicted octanol–water partition coefficient (Wildman–Crippen LogP) is 0.881. The van der Waals surface area contributed by atoms with E-state index >= 15 is 0 Å². The first-order valence-corrected chi connectivity index (χ1v) is 5.01. The zero-order valence-electron chi connectivity index (χ0n) is 8.03. The molecule has 0 aromatic carbocycles. The van der Waals surface area contributed by atoms with Crippen LogP contribution in [-0.4, -0.2) is 22.9 Å². The molecule has 14 heavy (non-hydrogen) atoms. The highest BCUT2D eigenvalue weighted by Crippen LogP contribution is 2.15. The van der Waals surface area contributed by atoms with Crippen molar-refractivity contribution in [2.24, 2.45) is 0 Å². The molecule has 0 spiro atoms. The Hall–Kier alpha value is -1.16. The van der Waals surface area contributed by atoms with Crippen molar-refractivity contribution in [2.75, 3.05) is 6.61 Å². The fraction of sp³-hybridized carbons (Fsp3) is 0.600. The number of nitrogens with one attached hydrogen (secondary N) is 1. The van der Waals surface area contributed by atoms with Crippen LogP contribution in [-0.2, 0) is 11.2 Å². The van der Waals surface area contributed by atoms with Gasteiger partial charge in [0.05, 0.1) is 11.8 Å². The van der Waals surface area contributed by atoms with E-state index in [1.807, 2.05) is 0 Å². The molecular weight excluding hydrogens is 180 g/mol.